The van der Waals surface area contributed by atoms with Crippen LogP contribution in [0.2, 0.25) is 0 Å². The van der Waals surface area contributed by atoms with Gasteiger partial charge in [0.25, 0.3) is 0 Å². The highest BCUT2D eigenvalue weighted by molar-refractivity contribution is 6.16. The number of hydrogen-bond acceptors (Lipinski definition) is 6. The maximum Gasteiger partial charge on any atom is 0.323 e. The first-order valence-corrected chi connectivity index (χ1v) is 4.61. The highest BCUT2D eigenvalue weighted by Crippen LogP contribution is 2.08. The molecule has 0 bridgehead atoms. The van der Waals surface area contributed by atoms with Crippen LogP contribution in [0.15, 0.2) is 0 Å². The molecule has 0 aromatic rings. The van der Waals surface area contributed by atoms with E-state index < -0.39 is 29.4 Å². The van der Waals surface area contributed by atoms with Gasteiger partial charge in [0, 0.05) is 6.42 Å². The quantitative estimate of drug-likeness (QED) is 0.467. The zero-order chi connectivity index (χ0) is 12.7. The predicted octanol–water partition coefficient (Wildman–Crippen LogP) is -0.113. The van der Waals surface area contributed by atoms with Crippen LogP contribution in [-0.2, 0) is 28.7 Å². The first kappa shape index (κ1) is 14.3. The fourth-order valence-corrected chi connectivity index (χ4v) is 1.11. The molecule has 0 aliphatic rings. The maximum absolute atomic E-state index is 11.5. The number of methoxy groups -OCH3 is 2. The van der Waals surface area contributed by atoms with Gasteiger partial charge in [-0.25, -0.2) is 0 Å². The Labute approximate surface area is 92.9 Å². The Morgan fingerprint density at radius 2 is 1.56 bits per heavy atom. The number of ether oxygens (including phenoxy) is 2. The summed E-state index contributed by atoms with van der Waals surface area (Å²) in [4.78, 5) is 44.4. The lowest BCUT2D eigenvalue weighted by molar-refractivity contribution is -0.153. The van der Waals surface area contributed by atoms with E-state index in [-0.39, 0.29) is 12.8 Å². The number of esters is 2. The van der Waals surface area contributed by atoms with Gasteiger partial charge in [0.15, 0.2) is 17.5 Å². The first-order chi connectivity index (χ1) is 7.43. The van der Waals surface area contributed by atoms with Crippen molar-refractivity contribution in [3.8, 4) is 0 Å². The summed E-state index contributed by atoms with van der Waals surface area (Å²) in [6.07, 6.45) is -0.373. The number of Topliss-reactive ketones (excluding diaryl/α,β-unsaturated/α-hetero) is 2. The van der Waals surface area contributed by atoms with E-state index in [2.05, 4.69) is 9.47 Å². The maximum atomic E-state index is 11.5. The number of ketones is 2. The van der Waals surface area contributed by atoms with E-state index in [1.807, 2.05) is 0 Å². The minimum atomic E-state index is -1.44. The van der Waals surface area contributed by atoms with Crippen molar-refractivity contribution in [3.05, 3.63) is 0 Å². The topological polar surface area (TPSA) is 86.7 Å². The summed E-state index contributed by atoms with van der Waals surface area (Å²) >= 11 is 0. The van der Waals surface area contributed by atoms with Gasteiger partial charge in [0.05, 0.1) is 20.6 Å². The van der Waals surface area contributed by atoms with Crippen molar-refractivity contribution in [1.82, 2.24) is 0 Å². The molecular formula is C10H14O6. The second-order valence-corrected chi connectivity index (χ2v) is 3.11. The van der Waals surface area contributed by atoms with Crippen molar-refractivity contribution in [3.63, 3.8) is 0 Å². The zero-order valence-electron chi connectivity index (χ0n) is 9.44. The second kappa shape index (κ2) is 6.71. The van der Waals surface area contributed by atoms with Crippen LogP contribution in [0.1, 0.15) is 19.8 Å². The van der Waals surface area contributed by atoms with Crippen LogP contribution in [0.3, 0.4) is 0 Å². The van der Waals surface area contributed by atoms with Gasteiger partial charge in [-0.15, -0.1) is 0 Å². The average molecular weight is 230 g/mol. The Hall–Kier alpha value is -1.72. The van der Waals surface area contributed by atoms with Crippen molar-refractivity contribution in [1.29, 1.82) is 0 Å². The Balaban J connectivity index is 4.46. The molecule has 1 atom stereocenters. The molecule has 1 unspecified atom stereocenters. The predicted molar refractivity (Wildman–Crippen MR) is 52.4 cm³/mol. The Morgan fingerprint density at radius 3 is 1.94 bits per heavy atom. The minimum absolute atomic E-state index is 0.157. The molecular weight excluding hydrogens is 216 g/mol. The Kier molecular flexibility index (Phi) is 5.99. The van der Waals surface area contributed by atoms with Crippen LogP contribution in [0, 0.1) is 5.92 Å². The van der Waals surface area contributed by atoms with Crippen LogP contribution in [0.5, 0.6) is 0 Å². The van der Waals surface area contributed by atoms with Crippen molar-refractivity contribution < 1.29 is 28.7 Å². The molecule has 0 aromatic heterocycles. The van der Waals surface area contributed by atoms with E-state index in [1.54, 1.807) is 0 Å². The molecule has 0 heterocycles. The van der Waals surface area contributed by atoms with Crippen molar-refractivity contribution in [2.45, 2.75) is 19.8 Å². The Bertz CT molecular complexity index is 306. The molecule has 0 N–H and O–H groups in total. The van der Waals surface area contributed by atoms with Crippen LogP contribution in [0.25, 0.3) is 0 Å². The van der Waals surface area contributed by atoms with Crippen LogP contribution < -0.4 is 0 Å². The summed E-state index contributed by atoms with van der Waals surface area (Å²) in [5.41, 5.74) is 0. The number of rotatable bonds is 6. The van der Waals surface area contributed by atoms with E-state index in [4.69, 9.17) is 0 Å². The third-order valence-electron chi connectivity index (χ3n) is 1.97. The number of hydrogen-bond donors (Lipinski definition) is 0. The minimum Gasteiger partial charge on any atom is -0.469 e. The molecule has 6 heteroatoms. The lowest BCUT2D eigenvalue weighted by atomic mass is 9.97. The van der Waals surface area contributed by atoms with Gasteiger partial charge in [-0.2, -0.15) is 0 Å². The standard InChI is InChI=1S/C10H14O6/c1-6(11)9(10(14)16-3)7(12)4-5-8(13)15-2/h9H,4-5H2,1-3H3. The monoisotopic (exact) mass is 230 g/mol. The van der Waals surface area contributed by atoms with E-state index in [9.17, 15) is 19.2 Å². The summed E-state index contributed by atoms with van der Waals surface area (Å²) in [5.74, 6) is -4.14. The molecule has 0 aromatic carbocycles. The molecule has 0 radical (unpaired) electrons. The largest absolute Gasteiger partial charge is 0.469 e. The van der Waals surface area contributed by atoms with Crippen LogP contribution >= 0.6 is 0 Å². The number of carbonyl (C=O) groups excluding carboxylic acids is 4. The molecule has 0 rings (SSSR count). The second-order valence-electron chi connectivity index (χ2n) is 3.11. The normalized spacial score (nSPS) is 11.4. The molecule has 90 valence electrons. The van der Waals surface area contributed by atoms with Gasteiger partial charge in [0.1, 0.15) is 0 Å². The Morgan fingerprint density at radius 1 is 1.00 bits per heavy atom. The van der Waals surface area contributed by atoms with E-state index in [1.165, 1.54) is 7.11 Å². The molecule has 0 aliphatic carbocycles. The van der Waals surface area contributed by atoms with Crippen molar-refractivity contribution in [2.24, 2.45) is 5.92 Å². The fourth-order valence-electron chi connectivity index (χ4n) is 1.11. The highest BCUT2D eigenvalue weighted by Gasteiger charge is 2.31. The zero-order valence-corrected chi connectivity index (χ0v) is 9.44. The molecule has 0 fully saturated rings. The molecule has 6 nitrogen and oxygen atoms in total. The molecule has 0 aliphatic heterocycles. The highest BCUT2D eigenvalue weighted by atomic mass is 16.5. The molecule has 0 saturated carbocycles. The summed E-state index contributed by atoms with van der Waals surface area (Å²) < 4.78 is 8.67. The SMILES string of the molecule is COC(=O)CCC(=O)C(C(C)=O)C(=O)OC. The van der Waals surface area contributed by atoms with E-state index in [0.717, 1.165) is 14.0 Å². The lowest BCUT2D eigenvalue weighted by Gasteiger charge is -2.09. The molecule has 0 spiro atoms. The van der Waals surface area contributed by atoms with Gasteiger partial charge in [-0.1, -0.05) is 0 Å². The summed E-state index contributed by atoms with van der Waals surface area (Å²) in [7, 11) is 2.28. The summed E-state index contributed by atoms with van der Waals surface area (Å²) in [6, 6.07) is 0. The summed E-state index contributed by atoms with van der Waals surface area (Å²) in [5, 5.41) is 0. The van der Waals surface area contributed by atoms with Gasteiger partial charge in [-0.05, 0) is 6.92 Å². The van der Waals surface area contributed by atoms with Crippen molar-refractivity contribution >= 4 is 23.5 Å². The van der Waals surface area contributed by atoms with Gasteiger partial charge < -0.3 is 9.47 Å². The van der Waals surface area contributed by atoms with Crippen molar-refractivity contribution in [2.75, 3.05) is 14.2 Å². The summed E-state index contributed by atoms with van der Waals surface area (Å²) in [6.45, 7) is 1.12. The van der Waals surface area contributed by atoms with Crippen LogP contribution in [0.4, 0.5) is 0 Å². The third kappa shape index (κ3) is 4.20. The third-order valence-corrected chi connectivity index (χ3v) is 1.97. The van der Waals surface area contributed by atoms with E-state index in [0.29, 0.717) is 0 Å². The lowest BCUT2D eigenvalue weighted by Crippen LogP contribution is -2.31. The van der Waals surface area contributed by atoms with Gasteiger partial charge in [0.2, 0.25) is 0 Å². The first-order valence-electron chi connectivity index (χ1n) is 4.61. The fraction of sp³-hybridized carbons (Fsp3) is 0.600. The van der Waals surface area contributed by atoms with Gasteiger partial charge >= 0.3 is 11.9 Å². The smallest absolute Gasteiger partial charge is 0.323 e. The average Bonchev–Trinajstić information content (AvgIpc) is 2.25. The molecule has 16 heavy (non-hydrogen) atoms. The number of carbonyl (C=O) groups is 4. The van der Waals surface area contributed by atoms with Gasteiger partial charge in [-0.3, -0.25) is 19.2 Å². The molecule has 0 amide bonds. The molecule has 0 saturated heterocycles. The van der Waals surface area contributed by atoms with E-state index >= 15 is 0 Å². The van der Waals surface area contributed by atoms with Crippen LogP contribution in [-0.4, -0.2) is 37.7 Å².